The number of rotatable bonds is 4. The van der Waals surface area contributed by atoms with Gasteiger partial charge >= 0.3 is 0 Å². The standard InChI is InChI=1S/C63H40O2/c1-63(2)57-14-8-7-13-50(57)51-28-24-44(34-58(51)63)43-26-30-60-54(33-43)56-36-61-55(35-62(56)65-60)53-32-42(25-29-59(53)64-61)40-21-17-38(18-22-40)37-15-19-39(20-16-37)41-23-27-49-47-11-4-3-9-45(47)46-10-5-6-12-48(46)52(49)31-41/h3-36H,1-2H3. The average molecular weight is 829 g/mol. The van der Waals surface area contributed by atoms with E-state index in [1.807, 2.05) is 0 Å². The molecular weight excluding hydrogens is 789 g/mol. The van der Waals surface area contributed by atoms with Crippen LogP contribution in [-0.4, -0.2) is 0 Å². The van der Waals surface area contributed by atoms with Crippen LogP contribution in [0, 0.1) is 0 Å². The van der Waals surface area contributed by atoms with Crippen molar-refractivity contribution in [3.8, 4) is 55.6 Å². The monoisotopic (exact) mass is 828 g/mol. The number of furan rings is 2. The van der Waals surface area contributed by atoms with Gasteiger partial charge in [0, 0.05) is 27.0 Å². The highest BCUT2D eigenvalue weighted by Crippen LogP contribution is 2.50. The molecule has 0 fully saturated rings. The third-order valence-electron chi connectivity index (χ3n) is 14.5. The molecule has 14 rings (SSSR count). The molecule has 2 aromatic heterocycles. The maximum atomic E-state index is 6.53. The van der Waals surface area contributed by atoms with Gasteiger partial charge in [-0.3, -0.25) is 0 Å². The van der Waals surface area contributed by atoms with Gasteiger partial charge in [0.15, 0.2) is 0 Å². The summed E-state index contributed by atoms with van der Waals surface area (Å²) in [5.41, 5.74) is 18.4. The van der Waals surface area contributed by atoms with E-state index in [-0.39, 0.29) is 5.41 Å². The van der Waals surface area contributed by atoms with E-state index in [1.54, 1.807) is 0 Å². The fourth-order valence-corrected chi connectivity index (χ4v) is 11.1. The van der Waals surface area contributed by atoms with Gasteiger partial charge < -0.3 is 8.83 Å². The first-order valence-electron chi connectivity index (χ1n) is 22.5. The average Bonchev–Trinajstić information content (AvgIpc) is 3.98. The molecule has 2 heterocycles. The van der Waals surface area contributed by atoms with Gasteiger partial charge in [-0.25, -0.2) is 0 Å². The Morgan fingerprint density at radius 2 is 0.600 bits per heavy atom. The van der Waals surface area contributed by atoms with Gasteiger partial charge in [0.2, 0.25) is 0 Å². The predicted molar refractivity (Wildman–Crippen MR) is 273 cm³/mol. The lowest BCUT2D eigenvalue weighted by Crippen LogP contribution is -2.14. The summed E-state index contributed by atoms with van der Waals surface area (Å²) in [6.45, 7) is 4.67. The summed E-state index contributed by atoms with van der Waals surface area (Å²) in [6.07, 6.45) is 0. The first kappa shape index (κ1) is 36.3. The number of benzene rings is 11. The molecular formula is C63H40O2. The lowest BCUT2D eigenvalue weighted by molar-refractivity contribution is 0.660. The molecule has 1 aliphatic carbocycles. The second kappa shape index (κ2) is 13.4. The number of hydrogen-bond donors (Lipinski definition) is 0. The summed E-state index contributed by atoms with van der Waals surface area (Å²) >= 11 is 0. The van der Waals surface area contributed by atoms with Crippen molar-refractivity contribution in [3.05, 3.63) is 217 Å². The summed E-state index contributed by atoms with van der Waals surface area (Å²) in [7, 11) is 0. The van der Waals surface area contributed by atoms with Crippen molar-refractivity contribution < 1.29 is 8.83 Å². The van der Waals surface area contributed by atoms with Gasteiger partial charge in [-0.15, -0.1) is 0 Å². The van der Waals surface area contributed by atoms with Crippen LogP contribution in [0.3, 0.4) is 0 Å². The smallest absolute Gasteiger partial charge is 0.136 e. The van der Waals surface area contributed by atoms with Crippen molar-refractivity contribution in [3.63, 3.8) is 0 Å². The van der Waals surface area contributed by atoms with Crippen molar-refractivity contribution in [2.75, 3.05) is 0 Å². The molecule has 0 unspecified atom stereocenters. The molecule has 13 aromatic rings. The van der Waals surface area contributed by atoms with Crippen LogP contribution in [-0.2, 0) is 5.41 Å². The van der Waals surface area contributed by atoms with Crippen LogP contribution in [0.5, 0.6) is 0 Å². The van der Waals surface area contributed by atoms with Crippen LogP contribution in [0.1, 0.15) is 25.0 Å². The Morgan fingerprint density at radius 1 is 0.246 bits per heavy atom. The van der Waals surface area contributed by atoms with E-state index < -0.39 is 0 Å². The van der Waals surface area contributed by atoms with E-state index >= 15 is 0 Å². The van der Waals surface area contributed by atoms with Crippen LogP contribution >= 0.6 is 0 Å². The molecule has 2 nitrogen and oxygen atoms in total. The summed E-state index contributed by atoms with van der Waals surface area (Å²) in [5, 5.41) is 12.1. The Hall–Kier alpha value is -8.20. The molecule has 0 aliphatic heterocycles. The van der Waals surface area contributed by atoms with Crippen LogP contribution in [0.15, 0.2) is 215 Å². The van der Waals surface area contributed by atoms with E-state index in [0.29, 0.717) is 0 Å². The Balaban J connectivity index is 0.759. The fourth-order valence-electron chi connectivity index (χ4n) is 11.1. The molecule has 0 saturated carbocycles. The van der Waals surface area contributed by atoms with Gasteiger partial charge in [0.1, 0.15) is 22.3 Å². The summed E-state index contributed by atoms with van der Waals surface area (Å²) in [4.78, 5) is 0. The largest absolute Gasteiger partial charge is 0.456 e. The van der Waals surface area contributed by atoms with E-state index in [0.717, 1.165) is 55.0 Å². The quantitative estimate of drug-likeness (QED) is 0.165. The van der Waals surface area contributed by atoms with Crippen LogP contribution in [0.2, 0.25) is 0 Å². The maximum Gasteiger partial charge on any atom is 0.136 e. The number of fused-ring (bicyclic) bond motifs is 15. The van der Waals surface area contributed by atoms with Crippen molar-refractivity contribution >= 4 is 76.2 Å². The van der Waals surface area contributed by atoms with Crippen LogP contribution in [0.4, 0.5) is 0 Å². The molecule has 0 spiro atoms. The lowest BCUT2D eigenvalue weighted by Gasteiger charge is -2.22. The van der Waals surface area contributed by atoms with E-state index in [9.17, 15) is 0 Å². The molecule has 1 aliphatic rings. The highest BCUT2D eigenvalue weighted by molar-refractivity contribution is 6.26. The van der Waals surface area contributed by atoms with Gasteiger partial charge in [0.25, 0.3) is 0 Å². The first-order chi connectivity index (χ1) is 31.9. The molecule has 0 amide bonds. The topological polar surface area (TPSA) is 26.3 Å². The Morgan fingerprint density at radius 3 is 1.15 bits per heavy atom. The molecule has 65 heavy (non-hydrogen) atoms. The van der Waals surface area contributed by atoms with Crippen molar-refractivity contribution in [1.29, 1.82) is 0 Å². The van der Waals surface area contributed by atoms with E-state index in [1.165, 1.54) is 88.0 Å². The van der Waals surface area contributed by atoms with Crippen molar-refractivity contribution in [2.24, 2.45) is 0 Å². The van der Waals surface area contributed by atoms with E-state index in [4.69, 9.17) is 8.83 Å². The number of hydrogen-bond acceptors (Lipinski definition) is 2. The Kier molecular flexibility index (Phi) is 7.49. The first-order valence-corrected chi connectivity index (χ1v) is 22.5. The normalized spacial score (nSPS) is 13.2. The minimum Gasteiger partial charge on any atom is -0.456 e. The molecule has 0 N–H and O–H groups in total. The third-order valence-corrected chi connectivity index (χ3v) is 14.5. The Labute approximate surface area is 375 Å². The van der Waals surface area contributed by atoms with Gasteiger partial charge in [-0.1, -0.05) is 172 Å². The summed E-state index contributed by atoms with van der Waals surface area (Å²) in [5.74, 6) is 0. The SMILES string of the molecule is CC1(C)c2ccccc2-c2ccc(-c3ccc4oc5cc6c(cc5c4c3)oc3ccc(-c4ccc(-c5ccc(-c7ccc8c9ccccc9c9ccccc9c8c7)cc5)cc4)cc36)cc21. The molecule has 0 radical (unpaired) electrons. The molecule has 0 atom stereocenters. The Bertz CT molecular complexity index is 4090. The molecule has 2 heteroatoms. The maximum absolute atomic E-state index is 6.53. The zero-order chi connectivity index (χ0) is 43.0. The van der Waals surface area contributed by atoms with Crippen molar-refractivity contribution in [1.82, 2.24) is 0 Å². The fraction of sp³-hybridized carbons (Fsp3) is 0.0476. The summed E-state index contributed by atoms with van der Waals surface area (Å²) in [6, 6.07) is 75.4. The second-order valence-corrected chi connectivity index (χ2v) is 18.4. The zero-order valence-corrected chi connectivity index (χ0v) is 35.9. The van der Waals surface area contributed by atoms with Gasteiger partial charge in [0.05, 0.1) is 0 Å². The van der Waals surface area contributed by atoms with Crippen LogP contribution < -0.4 is 0 Å². The van der Waals surface area contributed by atoms with Gasteiger partial charge in [-0.2, -0.15) is 0 Å². The molecule has 0 bridgehead atoms. The van der Waals surface area contributed by atoms with E-state index in [2.05, 4.69) is 220 Å². The zero-order valence-electron chi connectivity index (χ0n) is 35.9. The van der Waals surface area contributed by atoms with Gasteiger partial charge in [-0.05, 0) is 148 Å². The minimum absolute atomic E-state index is 0.0499. The highest BCUT2D eigenvalue weighted by atomic mass is 16.3. The molecule has 304 valence electrons. The lowest BCUT2D eigenvalue weighted by atomic mass is 9.81. The minimum atomic E-state index is -0.0499. The molecule has 11 aromatic carbocycles. The highest BCUT2D eigenvalue weighted by Gasteiger charge is 2.35. The third kappa shape index (κ3) is 5.41. The molecule has 0 saturated heterocycles. The predicted octanol–water partition coefficient (Wildman–Crippen LogP) is 17.9. The van der Waals surface area contributed by atoms with Crippen LogP contribution in [0.25, 0.3) is 132 Å². The second-order valence-electron chi connectivity index (χ2n) is 18.4. The summed E-state index contributed by atoms with van der Waals surface area (Å²) < 4.78 is 13.0. The van der Waals surface area contributed by atoms with Crippen molar-refractivity contribution in [2.45, 2.75) is 19.3 Å².